The van der Waals surface area contributed by atoms with Crippen LogP contribution >= 0.6 is 0 Å². The number of nitrogens with zero attached hydrogens (tertiary/aromatic N) is 2. The Bertz CT molecular complexity index is 976. The standard InChI is InChI=1S/C21H27N3O5S/c1-13-3-4-14(2)18(9-13)30(28,29)22-12-21(27)23-15-5-6-16(23)11-17(10-15)24-19(25)7-8-20(24)26/h3-4,9,15-17,22H,5-8,10-12H2,1-2H3. The molecule has 0 aromatic heterocycles. The smallest absolute Gasteiger partial charge is 0.241 e. The van der Waals surface area contributed by atoms with Gasteiger partial charge in [0.1, 0.15) is 0 Å². The van der Waals surface area contributed by atoms with Crippen LogP contribution in [-0.2, 0) is 24.4 Å². The van der Waals surface area contributed by atoms with Crippen LogP contribution in [0.4, 0.5) is 0 Å². The lowest BCUT2D eigenvalue weighted by molar-refractivity contribution is -0.144. The van der Waals surface area contributed by atoms with Crippen molar-refractivity contribution in [1.82, 2.24) is 14.5 Å². The number of aryl methyl sites for hydroxylation is 2. The van der Waals surface area contributed by atoms with Gasteiger partial charge in [-0.2, -0.15) is 0 Å². The number of sulfonamides is 1. The SMILES string of the molecule is Cc1ccc(C)c(S(=O)(=O)NCC(=O)N2C3CCC2CC(N2C(=O)CCC2=O)C3)c1. The third kappa shape index (κ3) is 3.76. The molecular formula is C21H27N3O5S. The molecule has 2 bridgehead atoms. The highest BCUT2D eigenvalue weighted by Gasteiger charge is 2.47. The van der Waals surface area contributed by atoms with E-state index in [1.807, 2.05) is 13.0 Å². The molecule has 2 unspecified atom stereocenters. The van der Waals surface area contributed by atoms with Crippen molar-refractivity contribution < 1.29 is 22.8 Å². The van der Waals surface area contributed by atoms with Crippen LogP contribution in [0.15, 0.2) is 23.1 Å². The summed E-state index contributed by atoms with van der Waals surface area (Å²) in [5.74, 6) is -0.496. The van der Waals surface area contributed by atoms with Gasteiger partial charge >= 0.3 is 0 Å². The van der Waals surface area contributed by atoms with Crippen LogP contribution in [0.3, 0.4) is 0 Å². The minimum absolute atomic E-state index is 0.0624. The summed E-state index contributed by atoms with van der Waals surface area (Å²) in [5, 5.41) is 0. The summed E-state index contributed by atoms with van der Waals surface area (Å²) < 4.78 is 27.9. The van der Waals surface area contributed by atoms with E-state index in [0.29, 0.717) is 18.4 Å². The van der Waals surface area contributed by atoms with E-state index in [4.69, 9.17) is 0 Å². The molecule has 9 heteroatoms. The first-order valence-electron chi connectivity index (χ1n) is 10.4. The average molecular weight is 434 g/mol. The number of benzene rings is 1. The van der Waals surface area contributed by atoms with Gasteiger partial charge in [0.2, 0.25) is 27.7 Å². The molecule has 1 N–H and O–H groups in total. The molecule has 1 aromatic rings. The Labute approximate surface area is 176 Å². The van der Waals surface area contributed by atoms with Crippen LogP contribution in [0.1, 0.15) is 49.7 Å². The molecule has 0 spiro atoms. The van der Waals surface area contributed by atoms with Crippen LogP contribution in [0.5, 0.6) is 0 Å². The van der Waals surface area contributed by atoms with Gasteiger partial charge in [-0.3, -0.25) is 19.3 Å². The van der Waals surface area contributed by atoms with Crippen molar-refractivity contribution in [2.24, 2.45) is 0 Å². The first kappa shape index (κ1) is 21.0. The van der Waals surface area contributed by atoms with Crippen molar-refractivity contribution in [3.8, 4) is 0 Å². The molecule has 8 nitrogen and oxygen atoms in total. The maximum absolute atomic E-state index is 12.9. The van der Waals surface area contributed by atoms with Gasteiger partial charge in [0, 0.05) is 31.0 Å². The van der Waals surface area contributed by atoms with Crippen LogP contribution in [0.2, 0.25) is 0 Å². The van der Waals surface area contributed by atoms with Crippen molar-refractivity contribution in [3.63, 3.8) is 0 Å². The second-order valence-corrected chi connectivity index (χ2v) is 10.3. The normalized spacial score (nSPS) is 26.5. The monoisotopic (exact) mass is 433 g/mol. The quantitative estimate of drug-likeness (QED) is 0.704. The lowest BCUT2D eigenvalue weighted by atomic mass is 9.96. The molecule has 3 aliphatic rings. The number of carbonyl (C=O) groups excluding carboxylic acids is 3. The van der Waals surface area contributed by atoms with Gasteiger partial charge < -0.3 is 4.90 Å². The zero-order chi connectivity index (χ0) is 21.6. The Hall–Kier alpha value is -2.26. The largest absolute Gasteiger partial charge is 0.335 e. The van der Waals surface area contributed by atoms with E-state index in [1.54, 1.807) is 24.0 Å². The highest BCUT2D eigenvalue weighted by Crippen LogP contribution is 2.38. The summed E-state index contributed by atoms with van der Waals surface area (Å²) in [4.78, 5) is 40.4. The van der Waals surface area contributed by atoms with Crippen LogP contribution < -0.4 is 4.72 Å². The van der Waals surface area contributed by atoms with E-state index in [-0.39, 0.29) is 60.1 Å². The molecule has 3 heterocycles. The maximum Gasteiger partial charge on any atom is 0.241 e. The van der Waals surface area contributed by atoms with E-state index in [9.17, 15) is 22.8 Å². The van der Waals surface area contributed by atoms with Crippen LogP contribution in [0, 0.1) is 13.8 Å². The van der Waals surface area contributed by atoms with Crippen molar-refractivity contribution >= 4 is 27.7 Å². The average Bonchev–Trinajstić information content (AvgIpc) is 3.17. The molecule has 162 valence electrons. The molecule has 0 saturated carbocycles. The second kappa shape index (κ2) is 7.77. The number of hydrogen-bond donors (Lipinski definition) is 1. The molecule has 3 amide bonds. The minimum atomic E-state index is -3.80. The highest BCUT2D eigenvalue weighted by atomic mass is 32.2. The van der Waals surface area contributed by atoms with Gasteiger partial charge in [-0.1, -0.05) is 12.1 Å². The molecule has 3 aliphatic heterocycles. The van der Waals surface area contributed by atoms with Gasteiger partial charge in [-0.25, -0.2) is 13.1 Å². The van der Waals surface area contributed by atoms with Gasteiger partial charge in [0.25, 0.3) is 0 Å². The van der Waals surface area contributed by atoms with E-state index < -0.39 is 10.0 Å². The number of nitrogens with one attached hydrogen (secondary N) is 1. The molecule has 2 atom stereocenters. The van der Waals surface area contributed by atoms with Crippen molar-refractivity contribution in [3.05, 3.63) is 29.3 Å². The van der Waals surface area contributed by atoms with E-state index >= 15 is 0 Å². The minimum Gasteiger partial charge on any atom is -0.335 e. The van der Waals surface area contributed by atoms with Gasteiger partial charge in [-0.15, -0.1) is 0 Å². The molecule has 30 heavy (non-hydrogen) atoms. The van der Waals surface area contributed by atoms with Crippen LogP contribution in [0.25, 0.3) is 0 Å². The molecule has 4 rings (SSSR count). The molecular weight excluding hydrogens is 406 g/mol. The number of likely N-dealkylation sites (tertiary alicyclic amines) is 1. The topological polar surface area (TPSA) is 104 Å². The summed E-state index contributed by atoms with van der Waals surface area (Å²) in [5.41, 5.74) is 1.46. The van der Waals surface area contributed by atoms with Crippen molar-refractivity contribution in [2.45, 2.75) is 75.4 Å². The zero-order valence-electron chi connectivity index (χ0n) is 17.3. The number of carbonyl (C=O) groups is 3. The zero-order valence-corrected chi connectivity index (χ0v) is 18.1. The van der Waals surface area contributed by atoms with Gasteiger partial charge in [0.05, 0.1) is 11.4 Å². The second-order valence-electron chi connectivity index (χ2n) is 8.56. The number of rotatable bonds is 5. The predicted molar refractivity (Wildman–Crippen MR) is 109 cm³/mol. The number of amides is 3. The third-order valence-electron chi connectivity index (χ3n) is 6.50. The summed E-state index contributed by atoms with van der Waals surface area (Å²) >= 11 is 0. The Morgan fingerprint density at radius 1 is 1.03 bits per heavy atom. The van der Waals surface area contributed by atoms with Crippen molar-refractivity contribution in [2.75, 3.05) is 6.54 Å². The predicted octanol–water partition coefficient (Wildman–Crippen LogP) is 1.25. The first-order chi connectivity index (χ1) is 14.2. The third-order valence-corrected chi connectivity index (χ3v) is 8.04. The number of hydrogen-bond acceptors (Lipinski definition) is 5. The summed E-state index contributed by atoms with van der Waals surface area (Å²) in [6.45, 7) is 3.25. The fourth-order valence-corrected chi connectivity index (χ4v) is 6.39. The molecule has 0 radical (unpaired) electrons. The summed E-state index contributed by atoms with van der Waals surface area (Å²) in [6, 6.07) is 4.91. The van der Waals surface area contributed by atoms with E-state index in [0.717, 1.165) is 18.4 Å². The molecule has 0 aliphatic carbocycles. The Kier molecular flexibility index (Phi) is 5.44. The van der Waals surface area contributed by atoms with Crippen molar-refractivity contribution in [1.29, 1.82) is 0 Å². The molecule has 3 saturated heterocycles. The van der Waals surface area contributed by atoms with E-state index in [1.165, 1.54) is 4.90 Å². The number of fused-ring (bicyclic) bond motifs is 2. The lowest BCUT2D eigenvalue weighted by Crippen LogP contribution is -2.55. The van der Waals surface area contributed by atoms with Gasteiger partial charge in [-0.05, 0) is 56.7 Å². The maximum atomic E-state index is 12.9. The van der Waals surface area contributed by atoms with Crippen LogP contribution in [-0.4, -0.2) is 60.6 Å². The number of imide groups is 1. The fraction of sp³-hybridized carbons (Fsp3) is 0.571. The summed E-state index contributed by atoms with van der Waals surface area (Å²) in [7, 11) is -3.80. The lowest BCUT2D eigenvalue weighted by Gasteiger charge is -2.41. The Morgan fingerprint density at radius 3 is 2.23 bits per heavy atom. The Morgan fingerprint density at radius 2 is 1.63 bits per heavy atom. The molecule has 3 fully saturated rings. The number of piperidine rings is 1. The Balaban J connectivity index is 1.42. The highest BCUT2D eigenvalue weighted by molar-refractivity contribution is 7.89. The molecule has 1 aromatic carbocycles. The first-order valence-corrected chi connectivity index (χ1v) is 11.9. The summed E-state index contributed by atoms with van der Waals surface area (Å²) in [6.07, 6.45) is 3.31. The van der Waals surface area contributed by atoms with Gasteiger partial charge in [0.15, 0.2) is 0 Å². The van der Waals surface area contributed by atoms with E-state index in [2.05, 4.69) is 4.72 Å². The fourth-order valence-electron chi connectivity index (χ4n) is 5.09.